The highest BCUT2D eigenvalue weighted by molar-refractivity contribution is 7.89. The number of benzene rings is 2. The number of anilines is 1. The molecule has 0 unspecified atom stereocenters. The molecule has 0 radical (unpaired) electrons. The van der Waals surface area contributed by atoms with Crippen LogP contribution in [0.4, 0.5) is 11.4 Å². The van der Waals surface area contributed by atoms with Crippen molar-refractivity contribution in [2.24, 2.45) is 0 Å². The number of sulfonamides is 1. The average molecular weight is 403 g/mol. The largest absolute Gasteiger partial charge is 0.322 e. The van der Waals surface area contributed by atoms with Crippen LogP contribution in [0.5, 0.6) is 0 Å². The molecule has 28 heavy (non-hydrogen) atoms. The van der Waals surface area contributed by atoms with E-state index < -0.39 is 20.9 Å². The summed E-state index contributed by atoms with van der Waals surface area (Å²) in [6.07, 6.45) is 2.75. The lowest BCUT2D eigenvalue weighted by molar-refractivity contribution is -0.384. The van der Waals surface area contributed by atoms with E-state index in [9.17, 15) is 23.3 Å². The van der Waals surface area contributed by atoms with Gasteiger partial charge in [0.1, 0.15) is 0 Å². The normalized spacial score (nSPS) is 15.2. The number of amides is 1. The molecule has 2 aromatic carbocycles. The molecule has 1 heterocycles. The zero-order valence-electron chi connectivity index (χ0n) is 15.4. The van der Waals surface area contributed by atoms with Gasteiger partial charge in [-0.05, 0) is 49.6 Å². The Kier molecular flexibility index (Phi) is 5.76. The zero-order chi connectivity index (χ0) is 20.3. The topological polar surface area (TPSA) is 110 Å². The van der Waals surface area contributed by atoms with Crippen molar-refractivity contribution in [2.45, 2.75) is 31.1 Å². The third-order valence-electron chi connectivity index (χ3n) is 4.74. The van der Waals surface area contributed by atoms with Gasteiger partial charge < -0.3 is 5.32 Å². The Morgan fingerprint density at radius 1 is 1.07 bits per heavy atom. The summed E-state index contributed by atoms with van der Waals surface area (Å²) in [7, 11) is -3.54. The van der Waals surface area contributed by atoms with E-state index in [1.807, 2.05) is 0 Å². The second-order valence-corrected chi connectivity index (χ2v) is 8.64. The maximum absolute atomic E-state index is 12.7. The van der Waals surface area contributed by atoms with Gasteiger partial charge in [0.15, 0.2) is 0 Å². The summed E-state index contributed by atoms with van der Waals surface area (Å²) in [4.78, 5) is 23.0. The number of non-ortho nitro benzene ring substituents is 1. The Bertz CT molecular complexity index is 997. The van der Waals surface area contributed by atoms with Crippen LogP contribution in [0.15, 0.2) is 47.4 Å². The predicted molar refractivity (Wildman–Crippen MR) is 105 cm³/mol. The molecule has 0 bridgehead atoms. The van der Waals surface area contributed by atoms with E-state index >= 15 is 0 Å². The Labute approximate surface area is 163 Å². The molecule has 1 aliphatic rings. The molecule has 0 aliphatic carbocycles. The van der Waals surface area contributed by atoms with E-state index in [1.54, 1.807) is 6.92 Å². The first kappa shape index (κ1) is 20.0. The summed E-state index contributed by atoms with van der Waals surface area (Å²) in [5, 5.41) is 13.6. The summed E-state index contributed by atoms with van der Waals surface area (Å²) in [6.45, 7) is 2.73. The van der Waals surface area contributed by atoms with Crippen molar-refractivity contribution in [1.82, 2.24) is 4.31 Å². The maximum Gasteiger partial charge on any atom is 0.270 e. The molecular formula is C19H21N3O5S. The van der Waals surface area contributed by atoms with Gasteiger partial charge in [-0.25, -0.2) is 8.42 Å². The standard InChI is InChI=1S/C19H21N3O5S/c1-14-5-8-16(22(24)25)13-18(14)19(23)20-15-6-9-17(10-7-15)28(26,27)21-11-3-2-4-12-21/h5-10,13H,2-4,11-12H2,1H3,(H,20,23). The van der Waals surface area contributed by atoms with Crippen molar-refractivity contribution in [3.63, 3.8) is 0 Å². The molecule has 148 valence electrons. The van der Waals surface area contributed by atoms with Crippen molar-refractivity contribution in [3.05, 3.63) is 63.7 Å². The number of aryl methyl sites for hydroxylation is 1. The van der Waals surface area contributed by atoms with Crippen LogP contribution in [0.3, 0.4) is 0 Å². The van der Waals surface area contributed by atoms with Gasteiger partial charge in [-0.2, -0.15) is 4.31 Å². The van der Waals surface area contributed by atoms with Crippen LogP contribution >= 0.6 is 0 Å². The molecule has 1 N–H and O–H groups in total. The molecule has 1 aliphatic heterocycles. The van der Waals surface area contributed by atoms with Gasteiger partial charge in [-0.15, -0.1) is 0 Å². The van der Waals surface area contributed by atoms with Crippen LogP contribution < -0.4 is 5.32 Å². The average Bonchev–Trinajstić information content (AvgIpc) is 2.69. The van der Waals surface area contributed by atoms with E-state index in [0.717, 1.165) is 19.3 Å². The van der Waals surface area contributed by atoms with Crippen LogP contribution in [-0.4, -0.2) is 36.6 Å². The molecule has 2 aromatic rings. The van der Waals surface area contributed by atoms with Crippen LogP contribution in [0.1, 0.15) is 35.2 Å². The van der Waals surface area contributed by atoms with Crippen molar-refractivity contribution in [1.29, 1.82) is 0 Å². The third kappa shape index (κ3) is 4.20. The van der Waals surface area contributed by atoms with E-state index in [4.69, 9.17) is 0 Å². The predicted octanol–water partition coefficient (Wildman–Crippen LogP) is 3.33. The van der Waals surface area contributed by atoms with Gasteiger partial charge in [-0.3, -0.25) is 14.9 Å². The van der Waals surface area contributed by atoms with Gasteiger partial charge in [-0.1, -0.05) is 12.5 Å². The van der Waals surface area contributed by atoms with Gasteiger partial charge in [0.05, 0.1) is 9.82 Å². The SMILES string of the molecule is Cc1ccc([N+](=O)[O-])cc1C(=O)Nc1ccc(S(=O)(=O)N2CCCCC2)cc1. The second-order valence-electron chi connectivity index (χ2n) is 6.70. The Hall–Kier alpha value is -2.78. The molecule has 0 atom stereocenters. The van der Waals surface area contributed by atoms with Gasteiger partial charge in [0, 0.05) is 36.5 Å². The lowest BCUT2D eigenvalue weighted by Crippen LogP contribution is -2.35. The highest BCUT2D eigenvalue weighted by Gasteiger charge is 2.25. The fourth-order valence-electron chi connectivity index (χ4n) is 3.13. The number of carbonyl (C=O) groups is 1. The van der Waals surface area contributed by atoms with Crippen molar-refractivity contribution < 1.29 is 18.1 Å². The van der Waals surface area contributed by atoms with Crippen LogP contribution in [-0.2, 0) is 10.0 Å². The minimum Gasteiger partial charge on any atom is -0.322 e. The third-order valence-corrected chi connectivity index (χ3v) is 6.65. The molecule has 9 heteroatoms. The first-order valence-corrected chi connectivity index (χ1v) is 10.4. The number of piperidine rings is 1. The summed E-state index contributed by atoms with van der Waals surface area (Å²) in [5.74, 6) is -0.493. The monoisotopic (exact) mass is 403 g/mol. The maximum atomic E-state index is 12.7. The smallest absolute Gasteiger partial charge is 0.270 e. The molecule has 8 nitrogen and oxygen atoms in total. The summed E-state index contributed by atoms with van der Waals surface area (Å²) in [5.41, 5.74) is 1.04. The number of nitrogens with zero attached hydrogens (tertiary/aromatic N) is 2. The number of nitrogens with one attached hydrogen (secondary N) is 1. The lowest BCUT2D eigenvalue weighted by atomic mass is 10.1. The second kappa shape index (κ2) is 8.07. The number of rotatable bonds is 5. The van der Waals surface area contributed by atoms with Gasteiger partial charge in [0.2, 0.25) is 10.0 Å². The van der Waals surface area contributed by atoms with Crippen LogP contribution in [0, 0.1) is 17.0 Å². The fraction of sp³-hybridized carbons (Fsp3) is 0.316. The summed E-state index contributed by atoms with van der Waals surface area (Å²) < 4.78 is 26.8. The molecule has 3 rings (SSSR count). The number of nitro groups is 1. The molecule has 1 saturated heterocycles. The van der Waals surface area contributed by atoms with E-state index in [1.165, 1.54) is 46.8 Å². The molecule has 0 saturated carbocycles. The van der Waals surface area contributed by atoms with Crippen molar-refractivity contribution in [3.8, 4) is 0 Å². The summed E-state index contributed by atoms with van der Waals surface area (Å²) >= 11 is 0. The van der Waals surface area contributed by atoms with Gasteiger partial charge >= 0.3 is 0 Å². The number of carbonyl (C=O) groups excluding carboxylic acids is 1. The van der Waals surface area contributed by atoms with Crippen LogP contribution in [0.2, 0.25) is 0 Å². The van der Waals surface area contributed by atoms with Crippen molar-refractivity contribution >= 4 is 27.3 Å². The number of hydrogen-bond acceptors (Lipinski definition) is 5. The highest BCUT2D eigenvalue weighted by Crippen LogP contribution is 2.23. The first-order valence-electron chi connectivity index (χ1n) is 8.95. The lowest BCUT2D eigenvalue weighted by Gasteiger charge is -2.25. The van der Waals surface area contributed by atoms with E-state index in [-0.39, 0.29) is 16.1 Å². The summed E-state index contributed by atoms with van der Waals surface area (Å²) in [6, 6.07) is 10.0. The fourth-order valence-corrected chi connectivity index (χ4v) is 4.65. The molecule has 0 spiro atoms. The molecular weight excluding hydrogens is 382 g/mol. The molecule has 1 fully saturated rings. The minimum absolute atomic E-state index is 0.168. The zero-order valence-corrected chi connectivity index (χ0v) is 16.2. The Balaban J connectivity index is 1.76. The molecule has 0 aromatic heterocycles. The van der Waals surface area contributed by atoms with Gasteiger partial charge in [0.25, 0.3) is 11.6 Å². The highest BCUT2D eigenvalue weighted by atomic mass is 32.2. The molecule has 1 amide bonds. The minimum atomic E-state index is -3.54. The number of hydrogen-bond donors (Lipinski definition) is 1. The number of nitro benzene ring substituents is 1. The van der Waals surface area contributed by atoms with E-state index in [0.29, 0.717) is 24.3 Å². The first-order chi connectivity index (χ1) is 13.3. The van der Waals surface area contributed by atoms with E-state index in [2.05, 4.69) is 5.32 Å². The Morgan fingerprint density at radius 3 is 2.32 bits per heavy atom. The Morgan fingerprint density at radius 2 is 1.71 bits per heavy atom. The van der Waals surface area contributed by atoms with Crippen molar-refractivity contribution in [2.75, 3.05) is 18.4 Å². The quantitative estimate of drug-likeness (QED) is 0.608. The van der Waals surface area contributed by atoms with Crippen LogP contribution in [0.25, 0.3) is 0 Å².